The molecular weight excluding hydrogens is 474 g/mol. The number of anilines is 2. The van der Waals surface area contributed by atoms with Gasteiger partial charge in [-0.15, -0.1) is 5.10 Å². The number of carbonyl (C=O) groups is 1. The molecule has 0 unspecified atom stereocenters. The van der Waals surface area contributed by atoms with Crippen molar-refractivity contribution < 1.29 is 13.2 Å². The molecule has 1 amide bonds. The van der Waals surface area contributed by atoms with Crippen LogP contribution < -0.4 is 9.62 Å². The zero-order chi connectivity index (χ0) is 24.1. The summed E-state index contributed by atoms with van der Waals surface area (Å²) >= 11 is 6.24. The van der Waals surface area contributed by atoms with Crippen LogP contribution in [0.3, 0.4) is 0 Å². The molecule has 0 fully saturated rings. The van der Waals surface area contributed by atoms with Gasteiger partial charge in [-0.25, -0.2) is 18.1 Å². The monoisotopic (exact) mass is 495 g/mol. The Morgan fingerprint density at radius 3 is 2.38 bits per heavy atom. The number of aromatic nitrogens is 3. The van der Waals surface area contributed by atoms with Gasteiger partial charge >= 0.3 is 0 Å². The second-order valence-corrected chi connectivity index (χ2v) is 9.62. The zero-order valence-corrected chi connectivity index (χ0v) is 19.9. The number of nitrogens with one attached hydrogen (secondary N) is 1. The highest BCUT2D eigenvalue weighted by molar-refractivity contribution is 7.92. The summed E-state index contributed by atoms with van der Waals surface area (Å²) in [5.74, 6) is -0.521. The Hall–Kier alpha value is -3.69. The molecule has 4 aromatic rings. The lowest BCUT2D eigenvalue weighted by atomic mass is 10.2. The molecular formula is C24H22ClN5O3S. The van der Waals surface area contributed by atoms with Crippen molar-refractivity contribution in [1.29, 1.82) is 0 Å². The van der Waals surface area contributed by atoms with Gasteiger partial charge in [0.1, 0.15) is 6.33 Å². The van der Waals surface area contributed by atoms with Gasteiger partial charge in [-0.05, 0) is 42.8 Å². The lowest BCUT2D eigenvalue weighted by Gasteiger charge is -2.23. The number of hydrogen-bond acceptors (Lipinski definition) is 5. The van der Waals surface area contributed by atoms with E-state index in [-0.39, 0.29) is 28.0 Å². The van der Waals surface area contributed by atoms with Crippen molar-refractivity contribution in [3.63, 3.8) is 0 Å². The maximum atomic E-state index is 13.3. The number of para-hydroxylation sites is 1. The van der Waals surface area contributed by atoms with Crippen LogP contribution in [0.15, 0.2) is 90.1 Å². The third kappa shape index (κ3) is 5.11. The fourth-order valence-electron chi connectivity index (χ4n) is 3.42. The van der Waals surface area contributed by atoms with Gasteiger partial charge in [0.15, 0.2) is 0 Å². The summed E-state index contributed by atoms with van der Waals surface area (Å²) in [5.41, 5.74) is 1.57. The number of amides is 1. The highest BCUT2D eigenvalue weighted by Crippen LogP contribution is 2.27. The van der Waals surface area contributed by atoms with Crippen LogP contribution in [0, 0.1) is 0 Å². The topological polar surface area (TPSA) is 97.2 Å². The first-order valence-electron chi connectivity index (χ1n) is 10.5. The van der Waals surface area contributed by atoms with Crippen LogP contribution in [0.5, 0.6) is 0 Å². The Balaban J connectivity index is 1.56. The second-order valence-electron chi connectivity index (χ2n) is 7.35. The number of benzene rings is 3. The lowest BCUT2D eigenvalue weighted by molar-refractivity contribution is 0.102. The van der Waals surface area contributed by atoms with Crippen LogP contribution in [-0.2, 0) is 16.6 Å². The normalized spacial score (nSPS) is 11.2. The molecule has 0 spiro atoms. The number of rotatable bonds is 8. The average Bonchev–Trinajstić information content (AvgIpc) is 3.27. The molecule has 0 bridgehead atoms. The number of carbonyl (C=O) groups excluding carboxylic acids is 1. The van der Waals surface area contributed by atoms with E-state index in [1.807, 2.05) is 36.4 Å². The number of nitrogens with zero attached hydrogens (tertiary/aromatic N) is 4. The quantitative estimate of drug-likeness (QED) is 0.389. The van der Waals surface area contributed by atoms with Gasteiger partial charge in [0.25, 0.3) is 15.9 Å². The highest BCUT2D eigenvalue weighted by atomic mass is 35.5. The van der Waals surface area contributed by atoms with Gasteiger partial charge in [0.05, 0.1) is 27.7 Å². The largest absolute Gasteiger partial charge is 0.289 e. The van der Waals surface area contributed by atoms with Crippen LogP contribution >= 0.6 is 11.6 Å². The summed E-state index contributed by atoms with van der Waals surface area (Å²) in [7, 11) is -3.92. The van der Waals surface area contributed by atoms with E-state index in [0.717, 1.165) is 5.56 Å². The molecule has 0 aliphatic heterocycles. The fourth-order valence-corrected chi connectivity index (χ4v) is 5.12. The average molecular weight is 496 g/mol. The highest BCUT2D eigenvalue weighted by Gasteiger charge is 2.25. The van der Waals surface area contributed by atoms with Crippen LogP contribution in [0.1, 0.15) is 22.8 Å². The Morgan fingerprint density at radius 1 is 1.03 bits per heavy atom. The van der Waals surface area contributed by atoms with Crippen molar-refractivity contribution in [2.45, 2.75) is 18.4 Å². The Morgan fingerprint density at radius 2 is 1.71 bits per heavy atom. The predicted molar refractivity (Wildman–Crippen MR) is 132 cm³/mol. The van der Waals surface area contributed by atoms with E-state index < -0.39 is 15.9 Å². The smallest absolute Gasteiger partial charge is 0.264 e. The molecule has 0 aliphatic rings. The minimum Gasteiger partial charge on any atom is -0.289 e. The molecule has 1 N–H and O–H groups in total. The van der Waals surface area contributed by atoms with Crippen molar-refractivity contribution in [3.05, 3.63) is 101 Å². The first kappa shape index (κ1) is 23.5. The summed E-state index contributed by atoms with van der Waals surface area (Å²) in [6.45, 7) is 2.45. The summed E-state index contributed by atoms with van der Waals surface area (Å²) < 4.78 is 29.5. The van der Waals surface area contributed by atoms with Gasteiger partial charge < -0.3 is 0 Å². The Labute approximate surface area is 202 Å². The van der Waals surface area contributed by atoms with Gasteiger partial charge in [0.2, 0.25) is 5.95 Å². The van der Waals surface area contributed by atoms with Gasteiger partial charge in [-0.2, -0.15) is 0 Å². The van der Waals surface area contributed by atoms with Crippen molar-refractivity contribution in [2.75, 3.05) is 16.2 Å². The minimum absolute atomic E-state index is 0.00580. The maximum absolute atomic E-state index is 13.3. The van der Waals surface area contributed by atoms with Gasteiger partial charge in [-0.3, -0.25) is 14.4 Å². The zero-order valence-electron chi connectivity index (χ0n) is 18.3. The molecule has 1 heterocycles. The van der Waals surface area contributed by atoms with Crippen molar-refractivity contribution in [2.24, 2.45) is 0 Å². The molecule has 10 heteroatoms. The van der Waals surface area contributed by atoms with Crippen molar-refractivity contribution >= 4 is 39.2 Å². The second kappa shape index (κ2) is 10.1. The molecule has 174 valence electrons. The van der Waals surface area contributed by atoms with Gasteiger partial charge in [-0.1, -0.05) is 60.1 Å². The van der Waals surface area contributed by atoms with E-state index in [0.29, 0.717) is 12.2 Å². The molecule has 0 atom stereocenters. The lowest BCUT2D eigenvalue weighted by Crippen LogP contribution is -2.31. The molecule has 4 rings (SSSR count). The first-order chi connectivity index (χ1) is 16.4. The number of halogens is 1. The van der Waals surface area contributed by atoms with E-state index >= 15 is 0 Å². The van der Waals surface area contributed by atoms with Crippen LogP contribution in [0.4, 0.5) is 11.6 Å². The van der Waals surface area contributed by atoms with E-state index in [4.69, 9.17) is 11.6 Å². The molecule has 1 aromatic heterocycles. The molecule has 3 aromatic carbocycles. The molecule has 0 saturated heterocycles. The standard InChI is InChI=1S/C24H22ClN5O3S/c1-2-30(19-11-7-4-8-12-19)34(32,33)20-13-14-22(25)21(15-20)23(31)27-24-26-17-29(28-24)16-18-9-5-3-6-10-18/h3-15,17H,2,16H2,1H3,(H,27,28,31). The van der Waals surface area contributed by atoms with Crippen LogP contribution in [0.2, 0.25) is 5.02 Å². The molecule has 34 heavy (non-hydrogen) atoms. The molecule has 0 saturated carbocycles. The van der Waals surface area contributed by atoms with Gasteiger partial charge in [0, 0.05) is 6.54 Å². The number of sulfonamides is 1. The SMILES string of the molecule is CCN(c1ccccc1)S(=O)(=O)c1ccc(Cl)c(C(=O)Nc2ncn(Cc3ccccc3)n2)c1. The maximum Gasteiger partial charge on any atom is 0.264 e. The third-order valence-corrected chi connectivity index (χ3v) is 7.28. The van der Waals surface area contributed by atoms with E-state index in [9.17, 15) is 13.2 Å². The Bertz CT molecular complexity index is 1390. The summed E-state index contributed by atoms with van der Waals surface area (Å²) in [4.78, 5) is 17.0. The van der Waals surface area contributed by atoms with Crippen molar-refractivity contribution in [1.82, 2.24) is 14.8 Å². The van der Waals surface area contributed by atoms with Crippen LogP contribution in [-0.4, -0.2) is 35.6 Å². The minimum atomic E-state index is -3.92. The summed E-state index contributed by atoms with van der Waals surface area (Å²) in [5, 5.41) is 6.95. The first-order valence-corrected chi connectivity index (χ1v) is 12.3. The molecule has 8 nitrogen and oxygen atoms in total. The fraction of sp³-hybridized carbons (Fsp3) is 0.125. The summed E-state index contributed by atoms with van der Waals surface area (Å²) in [6.07, 6.45) is 1.50. The number of hydrogen-bond donors (Lipinski definition) is 1. The Kier molecular flexibility index (Phi) is 6.95. The summed E-state index contributed by atoms with van der Waals surface area (Å²) in [6, 6.07) is 22.5. The third-order valence-electron chi connectivity index (χ3n) is 5.05. The molecule has 0 radical (unpaired) electrons. The predicted octanol–water partition coefficient (Wildman–Crippen LogP) is 4.45. The van der Waals surface area contributed by atoms with Crippen LogP contribution in [0.25, 0.3) is 0 Å². The van der Waals surface area contributed by atoms with E-state index in [1.165, 1.54) is 28.8 Å². The van der Waals surface area contributed by atoms with E-state index in [1.54, 1.807) is 35.9 Å². The van der Waals surface area contributed by atoms with Crippen molar-refractivity contribution in [3.8, 4) is 0 Å². The molecule has 0 aliphatic carbocycles. The van der Waals surface area contributed by atoms with E-state index in [2.05, 4.69) is 15.4 Å².